The summed E-state index contributed by atoms with van der Waals surface area (Å²) < 4.78 is 16.1. The highest BCUT2D eigenvalue weighted by atomic mass is 32.1. The minimum absolute atomic E-state index is 0.111. The lowest BCUT2D eigenvalue weighted by Crippen LogP contribution is -2.50. The van der Waals surface area contributed by atoms with Gasteiger partial charge in [-0.2, -0.15) is 0 Å². The van der Waals surface area contributed by atoms with Gasteiger partial charge in [0.05, 0.1) is 38.7 Å². The van der Waals surface area contributed by atoms with Crippen LogP contribution in [0.25, 0.3) is 0 Å². The molecule has 8 nitrogen and oxygen atoms in total. The zero-order valence-electron chi connectivity index (χ0n) is 19.9. The van der Waals surface area contributed by atoms with E-state index >= 15 is 0 Å². The zero-order valence-corrected chi connectivity index (χ0v) is 20.7. The van der Waals surface area contributed by atoms with E-state index < -0.39 is 12.0 Å². The summed E-state index contributed by atoms with van der Waals surface area (Å²) in [5.74, 6) is -0.643. The summed E-state index contributed by atoms with van der Waals surface area (Å²) in [6.45, 7) is 2.96. The molecular formula is C25H30N2O6S. The van der Waals surface area contributed by atoms with E-state index in [2.05, 4.69) is 0 Å². The highest BCUT2D eigenvalue weighted by Gasteiger charge is 2.46. The summed E-state index contributed by atoms with van der Waals surface area (Å²) in [4.78, 5) is 44.2. The van der Waals surface area contributed by atoms with Crippen molar-refractivity contribution in [2.24, 2.45) is 5.92 Å². The van der Waals surface area contributed by atoms with E-state index in [9.17, 15) is 14.4 Å². The van der Waals surface area contributed by atoms with Crippen LogP contribution in [0.1, 0.15) is 52.5 Å². The maximum atomic E-state index is 14.1. The maximum Gasteiger partial charge on any atom is 0.310 e. The molecule has 0 saturated carbocycles. The summed E-state index contributed by atoms with van der Waals surface area (Å²) in [6.07, 6.45) is 1.42. The predicted octanol–water partition coefficient (Wildman–Crippen LogP) is 3.48. The Kier molecular flexibility index (Phi) is 7.11. The third kappa shape index (κ3) is 4.24. The molecule has 1 saturated heterocycles. The highest BCUT2D eigenvalue weighted by molar-refractivity contribution is 7.10. The van der Waals surface area contributed by atoms with Crippen LogP contribution in [0.4, 0.5) is 0 Å². The lowest BCUT2D eigenvalue weighted by molar-refractivity contribution is -0.151. The average Bonchev–Trinajstić information content (AvgIpc) is 3.39. The molecule has 1 aromatic carbocycles. The van der Waals surface area contributed by atoms with Crippen molar-refractivity contribution in [2.45, 2.75) is 31.7 Å². The monoisotopic (exact) mass is 486 g/mol. The molecule has 0 N–H and O–H groups in total. The number of hydrogen-bond acceptors (Lipinski definition) is 7. The Morgan fingerprint density at radius 2 is 1.91 bits per heavy atom. The fourth-order valence-electron chi connectivity index (χ4n) is 4.96. The molecule has 0 radical (unpaired) electrons. The number of carbonyl (C=O) groups is 3. The van der Waals surface area contributed by atoms with E-state index in [1.807, 2.05) is 17.5 Å². The summed E-state index contributed by atoms with van der Waals surface area (Å²) in [5.41, 5.74) is 1.03. The van der Waals surface area contributed by atoms with Crippen LogP contribution in [0.3, 0.4) is 0 Å². The van der Waals surface area contributed by atoms with E-state index in [0.29, 0.717) is 48.7 Å². The van der Waals surface area contributed by atoms with Crippen molar-refractivity contribution in [2.75, 3.05) is 41.0 Å². The Morgan fingerprint density at radius 3 is 2.56 bits per heavy atom. The Bertz CT molecular complexity index is 1070. The summed E-state index contributed by atoms with van der Waals surface area (Å²) in [7, 11) is 4.77. The van der Waals surface area contributed by atoms with Crippen molar-refractivity contribution >= 4 is 29.1 Å². The van der Waals surface area contributed by atoms with E-state index in [4.69, 9.17) is 14.2 Å². The molecule has 0 aliphatic carbocycles. The highest BCUT2D eigenvalue weighted by Crippen LogP contribution is 2.47. The standard InChI is InChI=1S/C25H30N2O6S/c1-5-33-25(30)15-8-6-10-27(14-15)24(29)21-16-12-18(31-3)19(32-4)13-17(16)23(28)26(2)22(21)20-9-7-11-34-20/h7,9,11-13,15,21-22H,5-6,8,10,14H2,1-4H3/t15-,21+,22+/m1/s1. The van der Waals surface area contributed by atoms with E-state index in [1.54, 1.807) is 35.9 Å². The second-order valence-electron chi connectivity index (χ2n) is 8.52. The van der Waals surface area contributed by atoms with Crippen molar-refractivity contribution in [3.63, 3.8) is 0 Å². The lowest BCUT2D eigenvalue weighted by atomic mass is 9.80. The van der Waals surface area contributed by atoms with Gasteiger partial charge in [-0.25, -0.2) is 0 Å². The van der Waals surface area contributed by atoms with Gasteiger partial charge in [0.15, 0.2) is 11.5 Å². The van der Waals surface area contributed by atoms with Crippen LogP contribution in [0.5, 0.6) is 11.5 Å². The van der Waals surface area contributed by atoms with Crippen molar-refractivity contribution in [3.8, 4) is 11.5 Å². The van der Waals surface area contributed by atoms with Gasteiger partial charge in [-0.15, -0.1) is 11.3 Å². The number of esters is 1. The van der Waals surface area contributed by atoms with Crippen molar-refractivity contribution in [1.82, 2.24) is 9.80 Å². The molecule has 1 aromatic heterocycles. The number of carbonyl (C=O) groups excluding carboxylic acids is 3. The van der Waals surface area contributed by atoms with Gasteiger partial charge in [-0.1, -0.05) is 6.07 Å². The van der Waals surface area contributed by atoms with Crippen LogP contribution >= 0.6 is 11.3 Å². The Morgan fingerprint density at radius 1 is 1.18 bits per heavy atom. The number of likely N-dealkylation sites (N-methyl/N-ethyl adjacent to an activating group) is 1. The first-order valence-corrected chi connectivity index (χ1v) is 12.3. The number of hydrogen-bond donors (Lipinski definition) is 0. The number of thiophene rings is 1. The molecule has 182 valence electrons. The smallest absolute Gasteiger partial charge is 0.310 e. The van der Waals surface area contributed by atoms with Crippen LogP contribution in [-0.4, -0.2) is 68.5 Å². The van der Waals surface area contributed by atoms with Crippen molar-refractivity contribution < 1.29 is 28.6 Å². The third-order valence-electron chi connectivity index (χ3n) is 6.63. The minimum Gasteiger partial charge on any atom is -0.493 e. The zero-order chi connectivity index (χ0) is 24.4. The molecule has 2 aliphatic heterocycles. The number of ether oxygens (including phenoxy) is 3. The van der Waals surface area contributed by atoms with Gasteiger partial charge in [0.1, 0.15) is 0 Å². The van der Waals surface area contributed by atoms with Gasteiger partial charge in [0.25, 0.3) is 5.91 Å². The van der Waals surface area contributed by atoms with Crippen LogP contribution in [0.15, 0.2) is 29.6 Å². The molecule has 0 bridgehead atoms. The first kappa shape index (κ1) is 24.1. The molecule has 3 atom stereocenters. The van der Waals surface area contributed by atoms with Gasteiger partial charge in [0.2, 0.25) is 5.91 Å². The predicted molar refractivity (Wildman–Crippen MR) is 127 cm³/mol. The van der Waals surface area contributed by atoms with Crippen LogP contribution in [-0.2, 0) is 14.3 Å². The number of likely N-dealkylation sites (tertiary alicyclic amines) is 1. The Balaban J connectivity index is 1.79. The van der Waals surface area contributed by atoms with Gasteiger partial charge < -0.3 is 24.0 Å². The van der Waals surface area contributed by atoms with Gasteiger partial charge in [-0.3, -0.25) is 14.4 Å². The number of nitrogens with zero attached hydrogens (tertiary/aromatic N) is 2. The van der Waals surface area contributed by atoms with E-state index in [1.165, 1.54) is 25.6 Å². The summed E-state index contributed by atoms with van der Waals surface area (Å²) in [6, 6.07) is 6.79. The fourth-order valence-corrected chi connectivity index (χ4v) is 5.86. The van der Waals surface area contributed by atoms with Crippen molar-refractivity contribution in [1.29, 1.82) is 0 Å². The quantitative estimate of drug-likeness (QED) is 0.582. The molecule has 2 aromatic rings. The fraction of sp³-hybridized carbons (Fsp3) is 0.480. The number of piperidine rings is 1. The second kappa shape index (κ2) is 10.0. The topological polar surface area (TPSA) is 85.4 Å². The molecule has 0 unspecified atom stereocenters. The van der Waals surface area contributed by atoms with Crippen LogP contribution in [0.2, 0.25) is 0 Å². The molecule has 0 spiro atoms. The number of amides is 2. The molecule has 4 rings (SSSR count). The lowest BCUT2D eigenvalue weighted by Gasteiger charge is -2.42. The molecule has 34 heavy (non-hydrogen) atoms. The van der Waals surface area contributed by atoms with Gasteiger partial charge >= 0.3 is 5.97 Å². The Hall–Kier alpha value is -3.07. The van der Waals surface area contributed by atoms with Crippen LogP contribution < -0.4 is 9.47 Å². The number of rotatable bonds is 6. The SMILES string of the molecule is CCOC(=O)[C@@H]1CCCN(C(=O)[C@H]2c3cc(OC)c(OC)cc3C(=O)N(C)[C@H]2c2cccs2)C1. The van der Waals surface area contributed by atoms with E-state index in [-0.39, 0.29) is 23.7 Å². The largest absolute Gasteiger partial charge is 0.493 e. The molecule has 9 heteroatoms. The molecule has 2 amide bonds. The summed E-state index contributed by atoms with van der Waals surface area (Å²) >= 11 is 1.51. The van der Waals surface area contributed by atoms with Crippen molar-refractivity contribution in [3.05, 3.63) is 45.6 Å². The molecular weight excluding hydrogens is 456 g/mol. The normalized spacial score (nSPS) is 22.2. The van der Waals surface area contributed by atoms with E-state index in [0.717, 1.165) is 11.3 Å². The number of fused-ring (bicyclic) bond motifs is 1. The van der Waals surface area contributed by atoms with Gasteiger partial charge in [-0.05, 0) is 48.9 Å². The Labute approximate surface area is 203 Å². The third-order valence-corrected chi connectivity index (χ3v) is 7.57. The molecule has 3 heterocycles. The maximum absolute atomic E-state index is 14.1. The second-order valence-corrected chi connectivity index (χ2v) is 9.50. The summed E-state index contributed by atoms with van der Waals surface area (Å²) in [5, 5.41) is 1.94. The minimum atomic E-state index is -0.642. The molecule has 2 aliphatic rings. The first-order chi connectivity index (χ1) is 16.4. The van der Waals surface area contributed by atoms with Crippen LogP contribution in [0, 0.1) is 5.92 Å². The number of benzene rings is 1. The number of methoxy groups -OCH3 is 2. The van der Waals surface area contributed by atoms with Gasteiger partial charge in [0, 0.05) is 30.6 Å². The molecule has 1 fully saturated rings. The first-order valence-electron chi connectivity index (χ1n) is 11.4. The average molecular weight is 487 g/mol.